The summed E-state index contributed by atoms with van der Waals surface area (Å²) in [5.74, 6) is 0.336. The van der Waals surface area contributed by atoms with Crippen LogP contribution in [0.3, 0.4) is 0 Å². The number of nitrogens with two attached hydrogens (primary N) is 2. The van der Waals surface area contributed by atoms with Crippen LogP contribution in [0.25, 0.3) is 0 Å². The molecule has 0 atom stereocenters. The van der Waals surface area contributed by atoms with Gasteiger partial charge in [-0.25, -0.2) is 0 Å². The lowest BCUT2D eigenvalue weighted by atomic mass is 10.2. The maximum Gasteiger partial charge on any atom is 0.185 e. The summed E-state index contributed by atoms with van der Waals surface area (Å²) < 4.78 is 0. The molecule has 0 radical (unpaired) electrons. The van der Waals surface area contributed by atoms with Gasteiger partial charge in [0.25, 0.3) is 0 Å². The summed E-state index contributed by atoms with van der Waals surface area (Å²) in [6.45, 7) is 6.20. The molecule has 4 N–H and O–H groups in total. The topological polar surface area (TPSA) is 81.5 Å². The van der Waals surface area contributed by atoms with E-state index in [1.807, 2.05) is 13.8 Å². The summed E-state index contributed by atoms with van der Waals surface area (Å²) in [5, 5.41) is 0. The minimum atomic E-state index is 0.118. The van der Waals surface area contributed by atoms with Crippen molar-refractivity contribution in [3.63, 3.8) is 0 Å². The van der Waals surface area contributed by atoms with Gasteiger partial charge in [0.05, 0.1) is 0 Å². The highest BCUT2D eigenvalue weighted by Gasteiger charge is 1.92. The highest BCUT2D eigenvalue weighted by Crippen LogP contribution is 1.95. The lowest BCUT2D eigenvalue weighted by Gasteiger charge is -1.94. The van der Waals surface area contributed by atoms with Gasteiger partial charge in [-0.3, -0.25) is 4.99 Å². The van der Waals surface area contributed by atoms with Crippen LogP contribution < -0.4 is 11.5 Å². The zero-order valence-electron chi connectivity index (χ0n) is 8.84. The van der Waals surface area contributed by atoms with Crippen molar-refractivity contribution in [2.45, 2.75) is 40.0 Å². The van der Waals surface area contributed by atoms with Crippen LogP contribution in [-0.2, 0) is 4.79 Å². The van der Waals surface area contributed by atoms with Gasteiger partial charge < -0.3 is 16.3 Å². The standard InChI is InChI=1S/C7H15N3O.C2H6/c1-6(11)4-2-3-5-10-7(8)9;1-2/h2-5H2,1H3,(H4,8,9,10);1-2H3. The first-order chi connectivity index (χ1) is 6.13. The normalized spacial score (nSPS) is 8.23. The molecule has 0 amide bonds. The van der Waals surface area contributed by atoms with Crippen molar-refractivity contribution in [3.05, 3.63) is 0 Å². The number of carbonyl (C=O) groups is 1. The van der Waals surface area contributed by atoms with Crippen LogP contribution in [0.4, 0.5) is 0 Å². The Balaban J connectivity index is 0. The molecule has 4 heteroatoms. The Labute approximate surface area is 80.4 Å². The second-order valence-electron chi connectivity index (χ2n) is 2.47. The SMILES string of the molecule is CC.CC(=O)CCCCN=C(N)N. The lowest BCUT2D eigenvalue weighted by Crippen LogP contribution is -2.22. The zero-order valence-corrected chi connectivity index (χ0v) is 8.84. The molecule has 0 aromatic carbocycles. The van der Waals surface area contributed by atoms with E-state index in [0.29, 0.717) is 13.0 Å². The van der Waals surface area contributed by atoms with Crippen LogP contribution >= 0.6 is 0 Å². The third-order valence-corrected chi connectivity index (χ3v) is 1.23. The molecular formula is C9H21N3O. The smallest absolute Gasteiger partial charge is 0.185 e. The van der Waals surface area contributed by atoms with E-state index in [1.165, 1.54) is 0 Å². The van der Waals surface area contributed by atoms with Gasteiger partial charge in [-0.1, -0.05) is 13.8 Å². The molecule has 0 unspecified atom stereocenters. The van der Waals surface area contributed by atoms with E-state index in [0.717, 1.165) is 12.8 Å². The minimum Gasteiger partial charge on any atom is -0.370 e. The van der Waals surface area contributed by atoms with Crippen LogP contribution in [-0.4, -0.2) is 18.3 Å². The maximum absolute atomic E-state index is 10.5. The largest absolute Gasteiger partial charge is 0.370 e. The lowest BCUT2D eigenvalue weighted by molar-refractivity contribution is -0.117. The third-order valence-electron chi connectivity index (χ3n) is 1.23. The number of hydrogen-bond acceptors (Lipinski definition) is 2. The average Bonchev–Trinajstić information content (AvgIpc) is 2.06. The second-order valence-corrected chi connectivity index (χ2v) is 2.47. The molecule has 0 aromatic heterocycles. The van der Waals surface area contributed by atoms with Crippen LogP contribution in [0.2, 0.25) is 0 Å². The first-order valence-corrected chi connectivity index (χ1v) is 4.67. The molecule has 0 heterocycles. The second kappa shape index (κ2) is 10.9. The fraction of sp³-hybridized carbons (Fsp3) is 0.778. The van der Waals surface area contributed by atoms with Crippen molar-refractivity contribution in [2.24, 2.45) is 16.5 Å². The van der Waals surface area contributed by atoms with Gasteiger partial charge in [-0.2, -0.15) is 0 Å². The Morgan fingerprint density at radius 2 is 1.77 bits per heavy atom. The molecule has 0 saturated carbocycles. The summed E-state index contributed by atoms with van der Waals surface area (Å²) in [6, 6.07) is 0. The molecule has 0 aromatic rings. The van der Waals surface area contributed by atoms with E-state index >= 15 is 0 Å². The molecule has 0 saturated heterocycles. The van der Waals surface area contributed by atoms with E-state index in [1.54, 1.807) is 6.92 Å². The van der Waals surface area contributed by atoms with Gasteiger partial charge in [0.2, 0.25) is 0 Å². The predicted octanol–water partition coefficient (Wildman–Crippen LogP) is 1.05. The summed E-state index contributed by atoms with van der Waals surface area (Å²) in [7, 11) is 0. The highest BCUT2D eigenvalue weighted by molar-refractivity contribution is 5.76. The Morgan fingerprint density at radius 1 is 1.23 bits per heavy atom. The minimum absolute atomic E-state index is 0.118. The van der Waals surface area contributed by atoms with Crippen LogP contribution in [0, 0.1) is 0 Å². The fourth-order valence-electron chi connectivity index (χ4n) is 0.694. The van der Waals surface area contributed by atoms with Crippen molar-refractivity contribution in [2.75, 3.05) is 6.54 Å². The molecule has 0 aliphatic rings. The summed E-state index contributed by atoms with van der Waals surface area (Å²) in [6.07, 6.45) is 2.36. The number of carbonyl (C=O) groups excluding carboxylic acids is 1. The van der Waals surface area contributed by atoms with E-state index in [4.69, 9.17) is 11.5 Å². The molecule has 0 rings (SSSR count). The highest BCUT2D eigenvalue weighted by atomic mass is 16.1. The Bertz CT molecular complexity index is 151. The summed E-state index contributed by atoms with van der Waals surface area (Å²) in [4.78, 5) is 14.2. The first-order valence-electron chi connectivity index (χ1n) is 4.67. The Hall–Kier alpha value is -1.06. The van der Waals surface area contributed by atoms with Gasteiger partial charge in [0, 0.05) is 13.0 Å². The number of unbranched alkanes of at least 4 members (excludes halogenated alkanes) is 1. The number of aliphatic imine (C=N–C) groups is 1. The number of rotatable bonds is 5. The van der Waals surface area contributed by atoms with Gasteiger partial charge in [0.1, 0.15) is 5.78 Å². The predicted molar refractivity (Wildman–Crippen MR) is 56.6 cm³/mol. The quantitative estimate of drug-likeness (QED) is 0.383. The number of ketones is 1. The van der Waals surface area contributed by atoms with E-state index in [2.05, 4.69) is 4.99 Å². The molecule has 78 valence electrons. The van der Waals surface area contributed by atoms with Gasteiger partial charge in [-0.05, 0) is 19.8 Å². The number of guanidine groups is 1. The molecule has 0 spiro atoms. The monoisotopic (exact) mass is 187 g/mol. The molecule has 0 bridgehead atoms. The van der Waals surface area contributed by atoms with Crippen molar-refractivity contribution in [3.8, 4) is 0 Å². The van der Waals surface area contributed by atoms with Gasteiger partial charge in [0.15, 0.2) is 5.96 Å². The van der Waals surface area contributed by atoms with Crippen LogP contribution in [0.5, 0.6) is 0 Å². The number of Topliss-reactive ketones (excluding diaryl/α,β-unsaturated/α-hetero) is 1. The summed E-state index contributed by atoms with van der Waals surface area (Å²) >= 11 is 0. The average molecular weight is 187 g/mol. The van der Waals surface area contributed by atoms with E-state index in [-0.39, 0.29) is 11.7 Å². The van der Waals surface area contributed by atoms with E-state index in [9.17, 15) is 4.79 Å². The molecule has 0 fully saturated rings. The van der Waals surface area contributed by atoms with E-state index < -0.39 is 0 Å². The van der Waals surface area contributed by atoms with Crippen molar-refractivity contribution in [1.29, 1.82) is 0 Å². The van der Waals surface area contributed by atoms with Gasteiger partial charge >= 0.3 is 0 Å². The molecule has 0 aliphatic carbocycles. The molecule has 13 heavy (non-hydrogen) atoms. The number of hydrogen-bond donors (Lipinski definition) is 2. The Kier molecular flexibility index (Phi) is 12.2. The molecular weight excluding hydrogens is 166 g/mol. The molecule has 0 aliphatic heterocycles. The Morgan fingerprint density at radius 3 is 2.15 bits per heavy atom. The van der Waals surface area contributed by atoms with Gasteiger partial charge in [-0.15, -0.1) is 0 Å². The van der Waals surface area contributed by atoms with Crippen LogP contribution in [0.1, 0.15) is 40.0 Å². The maximum atomic E-state index is 10.5. The van der Waals surface area contributed by atoms with Crippen LogP contribution in [0.15, 0.2) is 4.99 Å². The molecule has 4 nitrogen and oxygen atoms in total. The zero-order chi connectivity index (χ0) is 10.7. The van der Waals surface area contributed by atoms with Crippen molar-refractivity contribution >= 4 is 11.7 Å². The van der Waals surface area contributed by atoms with Crippen molar-refractivity contribution in [1.82, 2.24) is 0 Å². The summed E-state index contributed by atoms with van der Waals surface area (Å²) in [5.41, 5.74) is 10.2. The fourth-order valence-corrected chi connectivity index (χ4v) is 0.694. The first kappa shape index (κ1) is 14.5. The number of nitrogens with zero attached hydrogens (tertiary/aromatic N) is 1. The van der Waals surface area contributed by atoms with Crippen molar-refractivity contribution < 1.29 is 4.79 Å². The third kappa shape index (κ3) is 18.2.